The summed E-state index contributed by atoms with van der Waals surface area (Å²) in [6.07, 6.45) is 0. The average Bonchev–Trinajstić information content (AvgIpc) is 2.05. The predicted octanol–water partition coefficient (Wildman–Crippen LogP) is 2.12. The van der Waals surface area contributed by atoms with E-state index in [9.17, 15) is 4.79 Å². The van der Waals surface area contributed by atoms with Crippen LogP contribution in [0.4, 0.5) is 5.69 Å². The third-order valence-corrected chi connectivity index (χ3v) is 1.36. The Morgan fingerprint density at radius 1 is 1.58 bits per heavy atom. The third-order valence-electron chi connectivity index (χ3n) is 1.27. The molecule has 0 unspecified atom stereocenters. The number of benzene rings is 1. The van der Waals surface area contributed by atoms with Gasteiger partial charge in [0.25, 0.3) is 0 Å². The van der Waals surface area contributed by atoms with Crippen molar-refractivity contribution in [2.45, 2.75) is 0 Å². The molecule has 0 amide bonds. The van der Waals surface area contributed by atoms with Gasteiger partial charge in [0.15, 0.2) is 0 Å². The van der Waals surface area contributed by atoms with Crippen molar-refractivity contribution < 1.29 is 9.90 Å². The maximum absolute atomic E-state index is 10.5. The minimum absolute atomic E-state index is 0.196. The van der Waals surface area contributed by atoms with Crippen LogP contribution in [-0.4, -0.2) is 16.2 Å². The number of rotatable bonds is 2. The van der Waals surface area contributed by atoms with Gasteiger partial charge in [0, 0.05) is 0 Å². The molecule has 3 nitrogen and oxygen atoms in total. The highest BCUT2D eigenvalue weighted by Crippen LogP contribution is 2.12. The van der Waals surface area contributed by atoms with Gasteiger partial charge in [0.05, 0.1) is 16.4 Å². The molecule has 0 aliphatic carbocycles. The first-order chi connectivity index (χ1) is 5.74. The number of isothiocyanates is 1. The van der Waals surface area contributed by atoms with Crippen LogP contribution in [0.25, 0.3) is 0 Å². The molecule has 1 N–H and O–H groups in total. The molecule has 12 heavy (non-hydrogen) atoms. The van der Waals surface area contributed by atoms with Crippen LogP contribution in [0.5, 0.6) is 0 Å². The van der Waals surface area contributed by atoms with E-state index in [1.807, 2.05) is 0 Å². The predicted molar refractivity (Wildman–Crippen MR) is 48.1 cm³/mol. The highest BCUT2D eigenvalue weighted by Gasteiger charge is 2.01. The van der Waals surface area contributed by atoms with E-state index in [2.05, 4.69) is 22.4 Å². The number of aliphatic imine (C=N–C) groups is 1. The van der Waals surface area contributed by atoms with Crippen molar-refractivity contribution in [1.82, 2.24) is 0 Å². The van der Waals surface area contributed by atoms with Crippen molar-refractivity contribution >= 4 is 29.0 Å². The summed E-state index contributed by atoms with van der Waals surface area (Å²) in [6.45, 7) is 0. The zero-order valence-electron chi connectivity index (χ0n) is 6.02. The first-order valence-corrected chi connectivity index (χ1v) is 3.56. The Labute approximate surface area is 74.4 Å². The third kappa shape index (κ3) is 1.99. The summed E-state index contributed by atoms with van der Waals surface area (Å²) in [5.74, 6) is -0.976. The van der Waals surface area contributed by atoms with Gasteiger partial charge in [-0.25, -0.2) is 4.79 Å². The van der Waals surface area contributed by atoms with Crippen LogP contribution < -0.4 is 0 Å². The van der Waals surface area contributed by atoms with Gasteiger partial charge in [-0.2, -0.15) is 4.99 Å². The van der Waals surface area contributed by atoms with E-state index >= 15 is 0 Å². The summed E-state index contributed by atoms with van der Waals surface area (Å²) in [6, 6.07) is 6.19. The highest BCUT2D eigenvalue weighted by molar-refractivity contribution is 7.78. The van der Waals surface area contributed by atoms with Crippen LogP contribution in [0, 0.1) is 0 Å². The van der Waals surface area contributed by atoms with Crippen LogP contribution in [-0.2, 0) is 0 Å². The fraction of sp³-hybridized carbons (Fsp3) is 0. The van der Waals surface area contributed by atoms with E-state index < -0.39 is 5.97 Å². The molecule has 0 fully saturated rings. The summed E-state index contributed by atoms with van der Waals surface area (Å²) in [4.78, 5) is 14.1. The number of nitrogens with zero attached hydrogens (tertiary/aromatic N) is 1. The maximum Gasteiger partial charge on any atom is 0.335 e. The minimum Gasteiger partial charge on any atom is -0.478 e. The Bertz CT molecular complexity index is 339. The van der Waals surface area contributed by atoms with Gasteiger partial charge < -0.3 is 5.11 Å². The normalized spacial score (nSPS) is 8.67. The molecule has 0 atom stereocenters. The minimum atomic E-state index is -0.976. The zero-order valence-corrected chi connectivity index (χ0v) is 6.84. The van der Waals surface area contributed by atoms with Crippen molar-refractivity contribution in [1.29, 1.82) is 0 Å². The summed E-state index contributed by atoms with van der Waals surface area (Å²) in [5.41, 5.74) is 0.700. The van der Waals surface area contributed by atoms with E-state index in [1.165, 1.54) is 12.1 Å². The molecule has 1 rings (SSSR count). The molecule has 0 aliphatic heterocycles. The molecule has 0 spiro atoms. The van der Waals surface area contributed by atoms with Gasteiger partial charge in [-0.3, -0.25) is 0 Å². The molecule has 60 valence electrons. The summed E-state index contributed by atoms with van der Waals surface area (Å²) < 4.78 is 0. The molecule has 4 heteroatoms. The standard InChI is InChI=1S/C8H5NO2S/c10-8(11)6-2-1-3-7(4-6)9-5-12/h1-4H,(H,10,11). The summed E-state index contributed by atoms with van der Waals surface area (Å²) in [5, 5.41) is 10.8. The lowest BCUT2D eigenvalue weighted by molar-refractivity contribution is 0.0697. The number of thiocarbonyl (C=S) groups is 1. The quantitative estimate of drug-likeness (QED) is 0.558. The Hall–Kier alpha value is -1.51. The second kappa shape index (κ2) is 3.76. The number of aromatic carboxylic acids is 1. The Balaban J connectivity index is 3.11. The molecular formula is C8H5NO2S. The topological polar surface area (TPSA) is 49.7 Å². The van der Waals surface area contributed by atoms with Gasteiger partial charge in [0.1, 0.15) is 0 Å². The fourth-order valence-electron chi connectivity index (χ4n) is 0.761. The molecule has 1 aromatic carbocycles. The summed E-state index contributed by atoms with van der Waals surface area (Å²) in [7, 11) is 0. The largest absolute Gasteiger partial charge is 0.478 e. The Morgan fingerprint density at radius 2 is 2.33 bits per heavy atom. The molecule has 1 aromatic rings. The lowest BCUT2D eigenvalue weighted by Crippen LogP contribution is -1.94. The zero-order chi connectivity index (χ0) is 8.97. The van der Waals surface area contributed by atoms with Crippen molar-refractivity contribution in [2.75, 3.05) is 0 Å². The Kier molecular flexibility index (Phi) is 2.69. The van der Waals surface area contributed by atoms with E-state index in [4.69, 9.17) is 5.11 Å². The van der Waals surface area contributed by atoms with E-state index in [0.717, 1.165) is 0 Å². The first-order valence-electron chi connectivity index (χ1n) is 3.15. The highest BCUT2D eigenvalue weighted by atomic mass is 32.1. The van der Waals surface area contributed by atoms with Crippen molar-refractivity contribution in [3.8, 4) is 0 Å². The number of carbonyl (C=O) groups is 1. The summed E-state index contributed by atoms with van der Waals surface area (Å²) >= 11 is 4.38. The second-order valence-electron chi connectivity index (χ2n) is 2.06. The van der Waals surface area contributed by atoms with Gasteiger partial charge >= 0.3 is 5.97 Å². The first kappa shape index (κ1) is 8.59. The van der Waals surface area contributed by atoms with Gasteiger partial charge in [0.2, 0.25) is 0 Å². The van der Waals surface area contributed by atoms with Crippen LogP contribution in [0.3, 0.4) is 0 Å². The molecule has 0 radical (unpaired) electrons. The van der Waals surface area contributed by atoms with Crippen LogP contribution in [0.15, 0.2) is 29.3 Å². The van der Waals surface area contributed by atoms with Crippen LogP contribution in [0.2, 0.25) is 0 Å². The molecule has 0 saturated heterocycles. The number of hydrogen-bond donors (Lipinski definition) is 1. The van der Waals surface area contributed by atoms with E-state index in [1.54, 1.807) is 12.1 Å². The van der Waals surface area contributed by atoms with Gasteiger partial charge in [-0.05, 0) is 30.4 Å². The molecule has 0 bridgehead atoms. The lowest BCUT2D eigenvalue weighted by Gasteiger charge is -1.93. The fourth-order valence-corrected chi connectivity index (χ4v) is 0.867. The SMILES string of the molecule is O=C(O)c1cccc(N=C=S)c1. The van der Waals surface area contributed by atoms with E-state index in [-0.39, 0.29) is 5.56 Å². The maximum atomic E-state index is 10.5. The number of carboxylic acid groups (broad SMARTS) is 1. The van der Waals surface area contributed by atoms with Crippen LogP contribution >= 0.6 is 12.2 Å². The average molecular weight is 179 g/mol. The van der Waals surface area contributed by atoms with Crippen LogP contribution in [0.1, 0.15) is 10.4 Å². The van der Waals surface area contributed by atoms with Crippen molar-refractivity contribution in [2.24, 2.45) is 4.99 Å². The second-order valence-corrected chi connectivity index (χ2v) is 2.24. The molecule has 0 aromatic heterocycles. The smallest absolute Gasteiger partial charge is 0.335 e. The van der Waals surface area contributed by atoms with E-state index in [0.29, 0.717) is 5.69 Å². The number of carboxylic acids is 1. The number of hydrogen-bond acceptors (Lipinski definition) is 3. The monoisotopic (exact) mass is 179 g/mol. The van der Waals surface area contributed by atoms with Crippen molar-refractivity contribution in [3.63, 3.8) is 0 Å². The molecular weight excluding hydrogens is 174 g/mol. The molecule has 0 aliphatic rings. The van der Waals surface area contributed by atoms with Gasteiger partial charge in [-0.1, -0.05) is 6.07 Å². The van der Waals surface area contributed by atoms with Crippen molar-refractivity contribution in [3.05, 3.63) is 29.8 Å². The molecule has 0 saturated carbocycles. The van der Waals surface area contributed by atoms with Gasteiger partial charge in [-0.15, -0.1) is 0 Å². The molecule has 0 heterocycles. The lowest BCUT2D eigenvalue weighted by atomic mass is 10.2. The Morgan fingerprint density at radius 3 is 2.92 bits per heavy atom.